The molecule has 0 saturated carbocycles. The van der Waals surface area contributed by atoms with Crippen LogP contribution in [0.2, 0.25) is 0 Å². The summed E-state index contributed by atoms with van der Waals surface area (Å²) in [7, 11) is 0. The third-order valence-electron chi connectivity index (χ3n) is 5.72. The van der Waals surface area contributed by atoms with Gasteiger partial charge in [-0.1, -0.05) is 18.2 Å². The first-order valence-corrected chi connectivity index (χ1v) is 14.4. The number of nitrogens with zero attached hydrogens (tertiary/aromatic N) is 3. The fraction of sp³-hybridized carbons (Fsp3) is 0.286. The predicted octanol–water partition coefficient (Wildman–Crippen LogP) is 2.50. The van der Waals surface area contributed by atoms with Crippen LogP contribution in [-0.2, 0) is 4.79 Å². The van der Waals surface area contributed by atoms with Crippen LogP contribution in [0.15, 0.2) is 64.7 Å². The molecule has 0 unspecified atom stereocenters. The van der Waals surface area contributed by atoms with E-state index >= 15 is 0 Å². The summed E-state index contributed by atoms with van der Waals surface area (Å²) < 4.78 is 0. The zero-order chi connectivity index (χ0) is 30.2. The van der Waals surface area contributed by atoms with Gasteiger partial charge in [0.25, 0.3) is 11.8 Å². The van der Waals surface area contributed by atoms with E-state index in [0.717, 1.165) is 12.7 Å². The molecular formula is C28H36N10O3S. The number of nitrogens with two attached hydrogens (primary N) is 3. The first kappa shape index (κ1) is 32.0. The van der Waals surface area contributed by atoms with Gasteiger partial charge in [0.2, 0.25) is 5.91 Å². The Bertz CT molecular complexity index is 1390. The Labute approximate surface area is 248 Å². The van der Waals surface area contributed by atoms with Gasteiger partial charge >= 0.3 is 0 Å². The summed E-state index contributed by atoms with van der Waals surface area (Å²) in [5.74, 6) is -0.648. The van der Waals surface area contributed by atoms with E-state index in [2.05, 4.69) is 36.2 Å². The van der Waals surface area contributed by atoms with Gasteiger partial charge in [-0.2, -0.15) is 0 Å². The molecule has 2 aromatic carbocycles. The van der Waals surface area contributed by atoms with Crippen molar-refractivity contribution < 1.29 is 14.4 Å². The van der Waals surface area contributed by atoms with E-state index < -0.39 is 11.8 Å². The Kier molecular flexibility index (Phi) is 13.2. The number of carbonyl (C=O) groups excluding carboxylic acids is 3. The largest absolute Gasteiger partial charge is 0.390 e. The average molecular weight is 593 g/mol. The molecule has 10 N–H and O–H groups in total. The van der Waals surface area contributed by atoms with Crippen molar-refractivity contribution >= 4 is 58.6 Å². The number of para-hydroxylation sites is 2. The van der Waals surface area contributed by atoms with Gasteiger partial charge in [0, 0.05) is 44.4 Å². The second-order valence-corrected chi connectivity index (χ2v) is 9.94. The number of hydrogen-bond donors (Lipinski definition) is 7. The zero-order valence-corrected chi connectivity index (χ0v) is 24.0. The highest BCUT2D eigenvalue weighted by Gasteiger charge is 2.18. The maximum absolute atomic E-state index is 13.2. The number of aromatic nitrogens is 2. The van der Waals surface area contributed by atoms with Crippen LogP contribution in [0, 0.1) is 0 Å². The molecule has 0 aliphatic heterocycles. The fourth-order valence-corrected chi connectivity index (χ4v) is 4.63. The maximum Gasteiger partial charge on any atom is 0.274 e. The van der Waals surface area contributed by atoms with Crippen LogP contribution >= 0.6 is 11.8 Å². The lowest BCUT2D eigenvalue weighted by Crippen LogP contribution is -2.20. The van der Waals surface area contributed by atoms with Crippen molar-refractivity contribution in [2.24, 2.45) is 22.2 Å². The van der Waals surface area contributed by atoms with E-state index in [1.54, 1.807) is 30.3 Å². The van der Waals surface area contributed by atoms with E-state index in [1.807, 2.05) is 12.1 Å². The summed E-state index contributed by atoms with van der Waals surface area (Å²) >= 11 is 1.41. The topological polar surface area (TPSA) is 216 Å². The summed E-state index contributed by atoms with van der Waals surface area (Å²) in [6.45, 7) is 1.93. The standard InChI is InChI=1S/C28H36N10O3S/c29-11-14-33-19-6-1-2-7-20(19)37-27(40)23-16-24(35-18-34-23)28(41)38-22-9-5-8-21(26(22)42-15-12-30)36-25(39)10-3-4-13-32-17-31/h1-2,5-9,16-18,33H,3-4,10-15,29-30H2,(H2,31,32)(H,36,39)(H,37,40)(H,38,41). The lowest BCUT2D eigenvalue weighted by Gasteiger charge is -2.16. The minimum Gasteiger partial charge on any atom is -0.390 e. The highest BCUT2D eigenvalue weighted by Crippen LogP contribution is 2.35. The molecule has 1 aromatic heterocycles. The molecule has 13 nitrogen and oxygen atoms in total. The number of benzene rings is 2. The van der Waals surface area contributed by atoms with Gasteiger partial charge < -0.3 is 38.5 Å². The minimum absolute atomic E-state index is 0.00552. The molecule has 222 valence electrons. The molecule has 3 aromatic rings. The summed E-state index contributed by atoms with van der Waals surface area (Å²) in [5, 5.41) is 11.7. The summed E-state index contributed by atoms with van der Waals surface area (Å²) in [6, 6.07) is 13.7. The van der Waals surface area contributed by atoms with Gasteiger partial charge in [-0.3, -0.25) is 19.4 Å². The van der Waals surface area contributed by atoms with Crippen molar-refractivity contribution in [2.45, 2.75) is 24.2 Å². The number of thioether (sulfide) groups is 1. The second kappa shape index (κ2) is 17.3. The van der Waals surface area contributed by atoms with Crippen LogP contribution in [0.1, 0.15) is 40.2 Å². The Morgan fingerprint density at radius 3 is 2.14 bits per heavy atom. The molecule has 1 heterocycles. The Morgan fingerprint density at radius 1 is 0.833 bits per heavy atom. The smallest absolute Gasteiger partial charge is 0.274 e. The lowest BCUT2D eigenvalue weighted by atomic mass is 10.2. The van der Waals surface area contributed by atoms with Crippen LogP contribution in [-0.4, -0.2) is 66.0 Å². The Morgan fingerprint density at radius 2 is 1.48 bits per heavy atom. The third kappa shape index (κ3) is 9.83. The first-order chi connectivity index (χ1) is 20.5. The molecule has 0 spiro atoms. The average Bonchev–Trinajstić information content (AvgIpc) is 3.00. The van der Waals surface area contributed by atoms with Crippen molar-refractivity contribution in [3.05, 3.63) is 66.2 Å². The fourth-order valence-electron chi connectivity index (χ4n) is 3.76. The summed E-state index contributed by atoms with van der Waals surface area (Å²) in [4.78, 5) is 51.4. The number of nitrogens with one attached hydrogen (secondary N) is 4. The molecule has 3 rings (SSSR count). The zero-order valence-electron chi connectivity index (χ0n) is 23.1. The van der Waals surface area contributed by atoms with Gasteiger partial charge in [-0.05, 0) is 37.1 Å². The van der Waals surface area contributed by atoms with E-state index in [-0.39, 0.29) is 17.3 Å². The van der Waals surface area contributed by atoms with Gasteiger partial charge in [-0.25, -0.2) is 9.97 Å². The van der Waals surface area contributed by atoms with E-state index in [4.69, 9.17) is 17.2 Å². The molecule has 0 aliphatic carbocycles. The van der Waals surface area contributed by atoms with E-state index in [9.17, 15) is 14.4 Å². The van der Waals surface area contributed by atoms with Crippen molar-refractivity contribution in [3.63, 3.8) is 0 Å². The van der Waals surface area contributed by atoms with Crippen LogP contribution in [0.3, 0.4) is 0 Å². The second-order valence-electron chi connectivity index (χ2n) is 8.84. The number of hydrogen-bond acceptors (Lipinski definition) is 10. The molecule has 0 saturated heterocycles. The lowest BCUT2D eigenvalue weighted by molar-refractivity contribution is -0.116. The molecule has 0 bridgehead atoms. The normalized spacial score (nSPS) is 10.8. The third-order valence-corrected chi connectivity index (χ3v) is 6.88. The van der Waals surface area contributed by atoms with Crippen LogP contribution in [0.4, 0.5) is 22.7 Å². The van der Waals surface area contributed by atoms with Crippen LogP contribution in [0.25, 0.3) is 0 Å². The monoisotopic (exact) mass is 592 g/mol. The first-order valence-electron chi connectivity index (χ1n) is 13.4. The van der Waals surface area contributed by atoms with Gasteiger partial charge in [-0.15, -0.1) is 11.8 Å². The quantitative estimate of drug-likeness (QED) is 0.0558. The van der Waals surface area contributed by atoms with E-state index in [1.165, 1.54) is 24.2 Å². The molecular weight excluding hydrogens is 556 g/mol. The Hall–Kier alpha value is -4.53. The van der Waals surface area contributed by atoms with Crippen LogP contribution < -0.4 is 38.5 Å². The minimum atomic E-state index is -0.546. The van der Waals surface area contributed by atoms with Crippen LogP contribution in [0.5, 0.6) is 0 Å². The number of unbranched alkanes of at least 4 members (excludes halogenated alkanes) is 1. The van der Waals surface area contributed by atoms with Crippen molar-refractivity contribution in [2.75, 3.05) is 53.2 Å². The molecule has 0 fully saturated rings. The molecule has 0 aliphatic rings. The number of anilines is 4. The molecule has 0 radical (unpaired) electrons. The highest BCUT2D eigenvalue weighted by molar-refractivity contribution is 7.99. The van der Waals surface area contributed by atoms with Crippen molar-refractivity contribution in [1.29, 1.82) is 0 Å². The number of carbonyl (C=O) groups is 3. The number of amides is 3. The maximum atomic E-state index is 13.2. The predicted molar refractivity (Wildman–Crippen MR) is 168 cm³/mol. The summed E-state index contributed by atoms with van der Waals surface area (Å²) in [6.07, 6.45) is 4.12. The molecule has 14 heteroatoms. The van der Waals surface area contributed by atoms with Gasteiger partial charge in [0.05, 0.1) is 34.0 Å². The summed E-state index contributed by atoms with van der Waals surface area (Å²) in [5.41, 5.74) is 18.8. The van der Waals surface area contributed by atoms with Gasteiger partial charge in [0.1, 0.15) is 17.7 Å². The van der Waals surface area contributed by atoms with E-state index in [0.29, 0.717) is 72.4 Å². The number of rotatable bonds is 16. The molecule has 0 atom stereocenters. The van der Waals surface area contributed by atoms with Crippen molar-refractivity contribution in [3.8, 4) is 0 Å². The Balaban J connectivity index is 1.73. The van der Waals surface area contributed by atoms with Gasteiger partial charge in [0.15, 0.2) is 0 Å². The molecule has 3 amide bonds. The number of aliphatic imine (C=N–C) groups is 1. The molecule has 42 heavy (non-hydrogen) atoms. The highest BCUT2D eigenvalue weighted by atomic mass is 32.2. The SMILES string of the molecule is NC=NCCCCC(=O)Nc1cccc(NC(=O)c2cc(C(=O)Nc3ccccc3NCCN)ncn2)c1SCCN. The van der Waals surface area contributed by atoms with Crippen molar-refractivity contribution in [1.82, 2.24) is 9.97 Å².